The van der Waals surface area contributed by atoms with Crippen molar-refractivity contribution in [3.8, 4) is 11.4 Å². The third-order valence-electron chi connectivity index (χ3n) is 4.00. The number of ether oxygens (including phenoxy) is 2. The van der Waals surface area contributed by atoms with E-state index in [-0.39, 0.29) is 12.4 Å². The fourth-order valence-electron chi connectivity index (χ4n) is 2.58. The average Bonchev–Trinajstić information content (AvgIpc) is 3.12. The normalized spacial score (nSPS) is 10.4. The molecule has 0 saturated heterocycles. The van der Waals surface area contributed by atoms with Gasteiger partial charge in [-0.15, -0.1) is 0 Å². The lowest BCUT2D eigenvalue weighted by Gasteiger charge is -2.07. The number of benzene rings is 2. The molecule has 0 spiro atoms. The monoisotopic (exact) mass is 364 g/mol. The number of Topliss-reactive ketones (excluding diaryl/α,β-unsaturated/α-hetero) is 1. The van der Waals surface area contributed by atoms with Gasteiger partial charge in [0.05, 0.1) is 17.9 Å². The summed E-state index contributed by atoms with van der Waals surface area (Å²) >= 11 is 0. The SMILES string of the molecule is CCOc1ccc(C(=O)COC(=O)c2ccc(-n3nccc3C)cc2)cc1. The minimum atomic E-state index is -0.543. The number of hydrogen-bond acceptors (Lipinski definition) is 5. The molecule has 1 heterocycles. The van der Waals surface area contributed by atoms with Crippen LogP contribution in [0.4, 0.5) is 0 Å². The molecule has 0 N–H and O–H groups in total. The number of aromatic nitrogens is 2. The quantitative estimate of drug-likeness (QED) is 0.473. The molecule has 138 valence electrons. The van der Waals surface area contributed by atoms with Gasteiger partial charge in [0.25, 0.3) is 0 Å². The Kier molecular flexibility index (Phi) is 5.66. The van der Waals surface area contributed by atoms with E-state index in [9.17, 15) is 9.59 Å². The highest BCUT2D eigenvalue weighted by Crippen LogP contribution is 2.14. The largest absolute Gasteiger partial charge is 0.494 e. The van der Waals surface area contributed by atoms with Crippen molar-refractivity contribution in [1.82, 2.24) is 9.78 Å². The fourth-order valence-corrected chi connectivity index (χ4v) is 2.58. The number of carbonyl (C=O) groups is 2. The fraction of sp³-hybridized carbons (Fsp3) is 0.190. The molecule has 0 amide bonds. The summed E-state index contributed by atoms with van der Waals surface area (Å²) in [5, 5.41) is 4.22. The zero-order chi connectivity index (χ0) is 19.2. The second-order valence-electron chi connectivity index (χ2n) is 5.89. The van der Waals surface area contributed by atoms with E-state index < -0.39 is 5.97 Å². The highest BCUT2D eigenvalue weighted by Gasteiger charge is 2.12. The summed E-state index contributed by atoms with van der Waals surface area (Å²) in [7, 11) is 0. The zero-order valence-electron chi connectivity index (χ0n) is 15.2. The van der Waals surface area contributed by atoms with E-state index in [0.717, 1.165) is 11.4 Å². The first-order valence-corrected chi connectivity index (χ1v) is 8.62. The van der Waals surface area contributed by atoms with Crippen molar-refractivity contribution in [3.05, 3.63) is 77.6 Å². The van der Waals surface area contributed by atoms with Gasteiger partial charge >= 0.3 is 5.97 Å². The van der Waals surface area contributed by atoms with Crippen molar-refractivity contribution in [3.63, 3.8) is 0 Å². The summed E-state index contributed by atoms with van der Waals surface area (Å²) in [5.74, 6) is -0.119. The Labute approximate surface area is 157 Å². The minimum Gasteiger partial charge on any atom is -0.494 e. The number of hydrogen-bond donors (Lipinski definition) is 0. The molecule has 0 aliphatic heterocycles. The molecule has 6 nitrogen and oxygen atoms in total. The molecular formula is C21H20N2O4. The van der Waals surface area contributed by atoms with E-state index in [1.54, 1.807) is 59.4 Å². The standard InChI is InChI=1S/C21H20N2O4/c1-3-26-19-10-6-16(7-11-19)20(24)14-27-21(25)17-4-8-18(9-5-17)23-15(2)12-13-22-23/h4-13H,3,14H2,1-2H3. The summed E-state index contributed by atoms with van der Waals surface area (Å²) in [6.07, 6.45) is 1.71. The molecular weight excluding hydrogens is 344 g/mol. The number of aryl methyl sites for hydroxylation is 1. The van der Waals surface area contributed by atoms with Gasteiger partial charge in [0.15, 0.2) is 12.4 Å². The van der Waals surface area contributed by atoms with E-state index in [2.05, 4.69) is 5.10 Å². The second-order valence-corrected chi connectivity index (χ2v) is 5.89. The van der Waals surface area contributed by atoms with Gasteiger partial charge in [-0.1, -0.05) is 0 Å². The highest BCUT2D eigenvalue weighted by molar-refractivity contribution is 5.99. The first kappa shape index (κ1) is 18.4. The topological polar surface area (TPSA) is 70.4 Å². The first-order chi connectivity index (χ1) is 13.1. The molecule has 1 aromatic heterocycles. The van der Waals surface area contributed by atoms with Gasteiger partial charge in [-0.3, -0.25) is 4.79 Å². The lowest BCUT2D eigenvalue weighted by atomic mass is 10.1. The predicted octanol–water partition coefficient (Wildman–Crippen LogP) is 3.62. The summed E-state index contributed by atoms with van der Waals surface area (Å²) in [6, 6.07) is 15.5. The van der Waals surface area contributed by atoms with E-state index >= 15 is 0 Å². The lowest BCUT2D eigenvalue weighted by molar-refractivity contribution is 0.0474. The predicted molar refractivity (Wildman–Crippen MR) is 101 cm³/mol. The summed E-state index contributed by atoms with van der Waals surface area (Å²) in [6.45, 7) is 4.08. The molecule has 0 aliphatic rings. The Bertz CT molecular complexity index is 928. The van der Waals surface area contributed by atoms with Gasteiger partial charge in [-0.2, -0.15) is 5.10 Å². The van der Waals surface area contributed by atoms with Crippen LogP contribution in [0.25, 0.3) is 5.69 Å². The third-order valence-corrected chi connectivity index (χ3v) is 4.00. The van der Waals surface area contributed by atoms with Crippen molar-refractivity contribution >= 4 is 11.8 Å². The van der Waals surface area contributed by atoms with E-state index in [0.29, 0.717) is 23.5 Å². The molecule has 0 unspecified atom stereocenters. The van der Waals surface area contributed by atoms with Crippen molar-refractivity contribution in [2.45, 2.75) is 13.8 Å². The summed E-state index contributed by atoms with van der Waals surface area (Å²) in [5.41, 5.74) is 2.68. The molecule has 0 bridgehead atoms. The molecule has 2 aromatic carbocycles. The molecule has 0 saturated carbocycles. The molecule has 0 aliphatic carbocycles. The first-order valence-electron chi connectivity index (χ1n) is 8.62. The molecule has 6 heteroatoms. The van der Waals surface area contributed by atoms with Gasteiger partial charge in [-0.05, 0) is 68.4 Å². The van der Waals surface area contributed by atoms with Gasteiger partial charge in [0, 0.05) is 17.5 Å². The van der Waals surface area contributed by atoms with E-state index in [4.69, 9.17) is 9.47 Å². The van der Waals surface area contributed by atoms with Gasteiger partial charge < -0.3 is 9.47 Å². The molecule has 0 radical (unpaired) electrons. The average molecular weight is 364 g/mol. The Morgan fingerprint density at radius 1 is 0.963 bits per heavy atom. The minimum absolute atomic E-state index is 0.268. The van der Waals surface area contributed by atoms with Crippen LogP contribution < -0.4 is 4.74 Å². The van der Waals surface area contributed by atoms with Crippen LogP contribution >= 0.6 is 0 Å². The maximum Gasteiger partial charge on any atom is 0.338 e. The lowest BCUT2D eigenvalue weighted by Crippen LogP contribution is -2.14. The number of ketones is 1. The summed E-state index contributed by atoms with van der Waals surface area (Å²) in [4.78, 5) is 24.3. The van der Waals surface area contributed by atoms with Crippen molar-refractivity contribution in [1.29, 1.82) is 0 Å². The Morgan fingerprint density at radius 3 is 2.22 bits per heavy atom. The number of carbonyl (C=O) groups excluding carboxylic acids is 2. The van der Waals surface area contributed by atoms with Gasteiger partial charge in [0.1, 0.15) is 5.75 Å². The van der Waals surface area contributed by atoms with Crippen LogP contribution in [-0.2, 0) is 4.74 Å². The van der Waals surface area contributed by atoms with Crippen LogP contribution in [0.5, 0.6) is 5.75 Å². The van der Waals surface area contributed by atoms with Crippen LogP contribution in [0.2, 0.25) is 0 Å². The number of esters is 1. The Morgan fingerprint density at radius 2 is 1.63 bits per heavy atom. The van der Waals surface area contributed by atoms with Crippen molar-refractivity contribution in [2.75, 3.05) is 13.2 Å². The van der Waals surface area contributed by atoms with Gasteiger partial charge in [-0.25, -0.2) is 9.48 Å². The Balaban J connectivity index is 1.58. The van der Waals surface area contributed by atoms with Crippen LogP contribution in [0.1, 0.15) is 33.3 Å². The third kappa shape index (κ3) is 4.41. The van der Waals surface area contributed by atoms with E-state index in [1.165, 1.54) is 0 Å². The van der Waals surface area contributed by atoms with E-state index in [1.807, 2.05) is 19.9 Å². The Hall–Kier alpha value is -3.41. The molecule has 3 aromatic rings. The number of rotatable bonds is 7. The van der Waals surface area contributed by atoms with Crippen molar-refractivity contribution < 1.29 is 19.1 Å². The maximum atomic E-state index is 12.2. The number of nitrogens with zero attached hydrogens (tertiary/aromatic N) is 2. The van der Waals surface area contributed by atoms with Crippen molar-refractivity contribution in [2.24, 2.45) is 0 Å². The highest BCUT2D eigenvalue weighted by atomic mass is 16.5. The summed E-state index contributed by atoms with van der Waals surface area (Å²) < 4.78 is 12.2. The molecule has 27 heavy (non-hydrogen) atoms. The second kappa shape index (κ2) is 8.31. The zero-order valence-corrected chi connectivity index (χ0v) is 15.2. The van der Waals surface area contributed by atoms with Crippen LogP contribution in [-0.4, -0.2) is 34.7 Å². The van der Waals surface area contributed by atoms with Crippen LogP contribution in [0, 0.1) is 6.92 Å². The van der Waals surface area contributed by atoms with Gasteiger partial charge in [0.2, 0.25) is 0 Å². The molecule has 3 rings (SSSR count). The molecule has 0 fully saturated rings. The smallest absolute Gasteiger partial charge is 0.338 e. The van der Waals surface area contributed by atoms with Crippen LogP contribution in [0.15, 0.2) is 60.8 Å². The van der Waals surface area contributed by atoms with Crippen LogP contribution in [0.3, 0.4) is 0 Å². The maximum absolute atomic E-state index is 12.2. The molecule has 0 atom stereocenters.